The Morgan fingerprint density at radius 1 is 1.10 bits per heavy atom. The Balaban J connectivity index is 2.06. The van der Waals surface area contributed by atoms with Gasteiger partial charge in [-0.25, -0.2) is 4.98 Å². The molecule has 0 unspecified atom stereocenters. The topological polar surface area (TPSA) is 48.1 Å². The van der Waals surface area contributed by atoms with Gasteiger partial charge in [0.1, 0.15) is 5.75 Å². The number of hydrogen-bond acceptors (Lipinski definition) is 3. The summed E-state index contributed by atoms with van der Waals surface area (Å²) in [6.45, 7) is 0. The van der Waals surface area contributed by atoms with Gasteiger partial charge in [-0.05, 0) is 30.3 Å². The first kappa shape index (κ1) is 13.2. The van der Waals surface area contributed by atoms with E-state index in [1.165, 1.54) is 0 Å². The quantitative estimate of drug-likeness (QED) is 0.660. The lowest BCUT2D eigenvalue weighted by atomic mass is 10.2. The Morgan fingerprint density at radius 3 is 2.75 bits per heavy atom. The third-order valence-corrected chi connectivity index (χ3v) is 3.92. The highest BCUT2D eigenvalue weighted by molar-refractivity contribution is 9.10. The van der Waals surface area contributed by atoms with E-state index in [0.717, 1.165) is 15.2 Å². The van der Waals surface area contributed by atoms with E-state index < -0.39 is 0 Å². The van der Waals surface area contributed by atoms with Crippen LogP contribution >= 0.6 is 27.5 Å². The van der Waals surface area contributed by atoms with Crippen molar-refractivity contribution in [1.82, 2.24) is 4.98 Å². The lowest BCUT2D eigenvalue weighted by molar-refractivity contribution is 0.469. The van der Waals surface area contributed by atoms with E-state index >= 15 is 0 Å². The van der Waals surface area contributed by atoms with Crippen molar-refractivity contribution in [3.63, 3.8) is 0 Å². The molecule has 0 saturated heterocycles. The van der Waals surface area contributed by atoms with Crippen LogP contribution in [0.4, 0.5) is 5.69 Å². The highest BCUT2D eigenvalue weighted by Gasteiger charge is 2.08. The molecule has 0 aliphatic rings. The molecule has 2 aromatic carbocycles. The molecule has 0 aliphatic carbocycles. The van der Waals surface area contributed by atoms with Gasteiger partial charge in [0, 0.05) is 27.5 Å². The second-order valence-electron chi connectivity index (χ2n) is 4.24. The van der Waals surface area contributed by atoms with E-state index in [-0.39, 0.29) is 0 Å². The van der Waals surface area contributed by atoms with Gasteiger partial charge in [0.05, 0.1) is 10.7 Å². The van der Waals surface area contributed by atoms with Crippen LogP contribution in [-0.2, 0) is 0 Å². The standard InChI is InChI=1S/C15H10BrClN2O/c16-12-3-1-2-11-10(12)6-7-19-15(11)20-9-4-5-14(18)13(17)8-9/h1-8H,18H2. The fourth-order valence-electron chi connectivity index (χ4n) is 1.91. The number of nitrogen functional groups attached to an aromatic ring is 1. The molecule has 2 N–H and O–H groups in total. The summed E-state index contributed by atoms with van der Waals surface area (Å²) in [4.78, 5) is 4.28. The molecule has 0 bridgehead atoms. The third-order valence-electron chi connectivity index (χ3n) is 2.90. The summed E-state index contributed by atoms with van der Waals surface area (Å²) in [6, 6.07) is 13.0. The summed E-state index contributed by atoms with van der Waals surface area (Å²) < 4.78 is 6.81. The van der Waals surface area contributed by atoms with Crippen molar-refractivity contribution in [2.45, 2.75) is 0 Å². The largest absolute Gasteiger partial charge is 0.438 e. The van der Waals surface area contributed by atoms with Crippen LogP contribution in [0, 0.1) is 0 Å². The Bertz CT molecular complexity index is 792. The van der Waals surface area contributed by atoms with Gasteiger partial charge in [-0.2, -0.15) is 0 Å². The molecule has 0 aliphatic heterocycles. The van der Waals surface area contributed by atoms with E-state index in [2.05, 4.69) is 20.9 Å². The molecule has 3 nitrogen and oxygen atoms in total. The number of rotatable bonds is 2. The molecule has 1 heterocycles. The van der Waals surface area contributed by atoms with Crippen molar-refractivity contribution in [3.05, 3.63) is 58.2 Å². The van der Waals surface area contributed by atoms with Crippen molar-refractivity contribution >= 4 is 44.0 Å². The predicted octanol–water partition coefficient (Wildman–Crippen LogP) is 5.03. The molecule has 3 rings (SSSR count). The Kier molecular flexibility index (Phi) is 3.51. The van der Waals surface area contributed by atoms with Crippen LogP contribution < -0.4 is 10.5 Å². The van der Waals surface area contributed by atoms with Crippen molar-refractivity contribution in [2.24, 2.45) is 0 Å². The zero-order chi connectivity index (χ0) is 14.1. The van der Waals surface area contributed by atoms with Crippen LogP contribution in [-0.4, -0.2) is 4.98 Å². The van der Waals surface area contributed by atoms with Gasteiger partial charge in [-0.1, -0.05) is 33.6 Å². The van der Waals surface area contributed by atoms with E-state index in [0.29, 0.717) is 22.3 Å². The maximum Gasteiger partial charge on any atom is 0.227 e. The highest BCUT2D eigenvalue weighted by atomic mass is 79.9. The van der Waals surface area contributed by atoms with E-state index in [4.69, 9.17) is 22.1 Å². The molecule has 100 valence electrons. The number of aromatic nitrogens is 1. The molecule has 0 atom stereocenters. The minimum atomic E-state index is 0.462. The normalized spacial score (nSPS) is 10.7. The molecule has 0 radical (unpaired) electrons. The number of ether oxygens (including phenoxy) is 1. The number of anilines is 1. The fraction of sp³-hybridized carbons (Fsp3) is 0. The first-order valence-electron chi connectivity index (χ1n) is 5.91. The summed E-state index contributed by atoms with van der Waals surface area (Å²) in [5.74, 6) is 1.13. The Hall–Kier alpha value is -1.78. The van der Waals surface area contributed by atoms with Crippen molar-refractivity contribution in [3.8, 4) is 11.6 Å². The second-order valence-corrected chi connectivity index (χ2v) is 5.50. The van der Waals surface area contributed by atoms with Gasteiger partial charge in [-0.15, -0.1) is 0 Å². The lowest BCUT2D eigenvalue weighted by Gasteiger charge is -2.09. The van der Waals surface area contributed by atoms with Gasteiger partial charge in [0.15, 0.2) is 0 Å². The Morgan fingerprint density at radius 2 is 1.95 bits per heavy atom. The first-order valence-corrected chi connectivity index (χ1v) is 7.08. The Labute approximate surface area is 129 Å². The van der Waals surface area contributed by atoms with Gasteiger partial charge in [0.2, 0.25) is 5.88 Å². The molecule has 5 heteroatoms. The number of benzene rings is 2. The monoisotopic (exact) mass is 348 g/mol. The van der Waals surface area contributed by atoms with Crippen LogP contribution in [0.25, 0.3) is 10.8 Å². The van der Waals surface area contributed by atoms with Crippen molar-refractivity contribution in [2.75, 3.05) is 5.73 Å². The molecular weight excluding hydrogens is 340 g/mol. The summed E-state index contributed by atoms with van der Waals surface area (Å²) >= 11 is 9.51. The molecular formula is C15H10BrClN2O. The number of nitrogens with zero attached hydrogens (tertiary/aromatic N) is 1. The van der Waals surface area contributed by atoms with Gasteiger partial charge in [-0.3, -0.25) is 0 Å². The van der Waals surface area contributed by atoms with E-state index in [1.54, 1.807) is 24.4 Å². The molecule has 0 amide bonds. The summed E-state index contributed by atoms with van der Waals surface area (Å²) in [5, 5.41) is 2.43. The number of halogens is 2. The van der Waals surface area contributed by atoms with Gasteiger partial charge in [0.25, 0.3) is 0 Å². The molecule has 0 fully saturated rings. The smallest absolute Gasteiger partial charge is 0.227 e. The summed E-state index contributed by atoms with van der Waals surface area (Å²) in [6.07, 6.45) is 1.71. The number of fused-ring (bicyclic) bond motifs is 1. The number of hydrogen-bond donors (Lipinski definition) is 1. The van der Waals surface area contributed by atoms with Crippen molar-refractivity contribution < 1.29 is 4.74 Å². The van der Waals surface area contributed by atoms with E-state index in [1.807, 2.05) is 24.3 Å². The minimum Gasteiger partial charge on any atom is -0.438 e. The third kappa shape index (κ3) is 2.44. The zero-order valence-corrected chi connectivity index (χ0v) is 12.6. The van der Waals surface area contributed by atoms with Crippen LogP contribution in [0.15, 0.2) is 53.1 Å². The van der Waals surface area contributed by atoms with Crippen LogP contribution in [0.3, 0.4) is 0 Å². The maximum atomic E-state index is 5.99. The minimum absolute atomic E-state index is 0.462. The van der Waals surface area contributed by atoms with E-state index in [9.17, 15) is 0 Å². The van der Waals surface area contributed by atoms with Crippen molar-refractivity contribution in [1.29, 1.82) is 0 Å². The first-order chi connectivity index (χ1) is 9.65. The van der Waals surface area contributed by atoms with Crippen LogP contribution in [0.5, 0.6) is 11.6 Å². The summed E-state index contributed by atoms with van der Waals surface area (Å²) in [7, 11) is 0. The molecule has 20 heavy (non-hydrogen) atoms. The number of pyridine rings is 1. The summed E-state index contributed by atoms with van der Waals surface area (Å²) in [5.41, 5.74) is 6.20. The van der Waals surface area contributed by atoms with Gasteiger partial charge < -0.3 is 10.5 Å². The molecule has 1 aromatic heterocycles. The SMILES string of the molecule is Nc1ccc(Oc2nccc3c(Br)cccc23)cc1Cl. The average molecular weight is 350 g/mol. The second kappa shape index (κ2) is 5.31. The fourth-order valence-corrected chi connectivity index (χ4v) is 2.58. The molecule has 0 spiro atoms. The molecule has 0 saturated carbocycles. The number of nitrogens with two attached hydrogens (primary N) is 1. The molecule has 3 aromatic rings. The predicted molar refractivity (Wildman–Crippen MR) is 85.4 cm³/mol. The lowest BCUT2D eigenvalue weighted by Crippen LogP contribution is -1.91. The highest BCUT2D eigenvalue weighted by Crippen LogP contribution is 2.33. The van der Waals surface area contributed by atoms with Crippen LogP contribution in [0.1, 0.15) is 0 Å². The van der Waals surface area contributed by atoms with Crippen LogP contribution in [0.2, 0.25) is 5.02 Å². The average Bonchev–Trinajstić information content (AvgIpc) is 2.44. The van der Waals surface area contributed by atoms with Gasteiger partial charge >= 0.3 is 0 Å². The zero-order valence-electron chi connectivity index (χ0n) is 10.3. The maximum absolute atomic E-state index is 5.99.